The van der Waals surface area contributed by atoms with Crippen LogP contribution in [0.3, 0.4) is 0 Å². The van der Waals surface area contributed by atoms with Gasteiger partial charge in [-0.2, -0.15) is 4.68 Å². The summed E-state index contributed by atoms with van der Waals surface area (Å²) in [6.45, 7) is 0. The first kappa shape index (κ1) is 12.5. The highest BCUT2D eigenvalue weighted by Crippen LogP contribution is 2.18. The Morgan fingerprint density at radius 2 is 2.12 bits per heavy atom. The van der Waals surface area contributed by atoms with Crippen molar-refractivity contribution in [3.63, 3.8) is 0 Å². The quantitative estimate of drug-likeness (QED) is 0.669. The van der Waals surface area contributed by atoms with E-state index >= 15 is 0 Å². The highest BCUT2D eigenvalue weighted by atomic mass is 79.9. The third-order valence-electron chi connectivity index (χ3n) is 2.02. The predicted octanol–water partition coefficient (Wildman–Crippen LogP) is 1.51. The average Bonchev–Trinajstić information content (AvgIpc) is 2.85. The van der Waals surface area contributed by atoms with Crippen LogP contribution >= 0.6 is 27.7 Å². The Kier molecular flexibility index (Phi) is 4.52. The number of hydrogen-bond acceptors (Lipinski definition) is 5. The van der Waals surface area contributed by atoms with Gasteiger partial charge in [0.2, 0.25) is 5.16 Å². The Balaban J connectivity index is 2.12. The minimum Gasteiger partial charge on any atom is -0.391 e. The molecule has 0 spiro atoms. The molecule has 1 unspecified atom stereocenters. The zero-order valence-electron chi connectivity index (χ0n) is 8.90. The minimum absolute atomic E-state index is 0.402. The van der Waals surface area contributed by atoms with Crippen molar-refractivity contribution >= 4 is 27.7 Å². The fraction of sp³-hybridized carbons (Fsp3) is 0.300. The van der Waals surface area contributed by atoms with Crippen molar-refractivity contribution in [2.75, 3.05) is 11.1 Å². The lowest BCUT2D eigenvalue weighted by Crippen LogP contribution is -2.11. The van der Waals surface area contributed by atoms with E-state index in [1.807, 2.05) is 30.3 Å². The third kappa shape index (κ3) is 3.27. The SMILES string of the molecule is OC(CBr)CSc1nnnn1-c1ccccc1. The van der Waals surface area contributed by atoms with Crippen LogP contribution in [-0.2, 0) is 0 Å². The third-order valence-corrected chi connectivity index (χ3v) is 3.84. The van der Waals surface area contributed by atoms with E-state index in [9.17, 15) is 5.11 Å². The monoisotopic (exact) mass is 314 g/mol. The molecule has 1 aromatic heterocycles. The number of halogens is 1. The number of thioether (sulfide) groups is 1. The van der Waals surface area contributed by atoms with Crippen molar-refractivity contribution < 1.29 is 5.11 Å². The molecule has 0 aliphatic heterocycles. The summed E-state index contributed by atoms with van der Waals surface area (Å²) in [4.78, 5) is 0. The van der Waals surface area contributed by atoms with Crippen LogP contribution in [0.4, 0.5) is 0 Å². The van der Waals surface area contributed by atoms with Crippen LogP contribution in [0.5, 0.6) is 0 Å². The summed E-state index contributed by atoms with van der Waals surface area (Å²) in [5.41, 5.74) is 0.910. The van der Waals surface area contributed by atoms with Crippen LogP contribution in [0.2, 0.25) is 0 Å². The van der Waals surface area contributed by atoms with Gasteiger partial charge >= 0.3 is 0 Å². The molecule has 90 valence electrons. The highest BCUT2D eigenvalue weighted by molar-refractivity contribution is 9.09. The number of aliphatic hydroxyl groups excluding tert-OH is 1. The van der Waals surface area contributed by atoms with E-state index in [0.29, 0.717) is 16.2 Å². The highest BCUT2D eigenvalue weighted by Gasteiger charge is 2.10. The van der Waals surface area contributed by atoms with E-state index in [2.05, 4.69) is 31.5 Å². The second kappa shape index (κ2) is 6.13. The van der Waals surface area contributed by atoms with Crippen LogP contribution < -0.4 is 0 Å². The lowest BCUT2D eigenvalue weighted by molar-refractivity contribution is 0.226. The first-order valence-corrected chi connectivity index (χ1v) is 7.12. The van der Waals surface area contributed by atoms with E-state index in [1.54, 1.807) is 4.68 Å². The van der Waals surface area contributed by atoms with Gasteiger partial charge in [-0.3, -0.25) is 0 Å². The molecule has 0 aliphatic rings. The molecule has 7 heteroatoms. The molecule has 1 atom stereocenters. The van der Waals surface area contributed by atoms with Crippen molar-refractivity contribution in [2.45, 2.75) is 11.3 Å². The van der Waals surface area contributed by atoms with Gasteiger partial charge in [-0.15, -0.1) is 5.10 Å². The number of benzene rings is 1. The number of rotatable bonds is 5. The van der Waals surface area contributed by atoms with Crippen LogP contribution in [0.15, 0.2) is 35.5 Å². The molecule has 0 saturated carbocycles. The number of hydrogen-bond donors (Lipinski definition) is 1. The van der Waals surface area contributed by atoms with Gasteiger partial charge in [0.15, 0.2) is 0 Å². The molecular weight excluding hydrogens is 304 g/mol. The Bertz CT molecular complexity index is 464. The van der Waals surface area contributed by atoms with Crippen molar-refractivity contribution in [3.8, 4) is 5.69 Å². The minimum atomic E-state index is -0.402. The van der Waals surface area contributed by atoms with Crippen LogP contribution in [-0.4, -0.2) is 42.5 Å². The number of aromatic nitrogens is 4. The predicted molar refractivity (Wildman–Crippen MR) is 69.7 cm³/mol. The summed E-state index contributed by atoms with van der Waals surface area (Å²) in [6.07, 6.45) is -0.402. The van der Waals surface area contributed by atoms with Crippen molar-refractivity contribution in [3.05, 3.63) is 30.3 Å². The smallest absolute Gasteiger partial charge is 0.214 e. The largest absolute Gasteiger partial charge is 0.391 e. The maximum absolute atomic E-state index is 9.47. The molecule has 5 nitrogen and oxygen atoms in total. The zero-order chi connectivity index (χ0) is 12.1. The molecule has 0 fully saturated rings. The van der Waals surface area contributed by atoms with E-state index in [0.717, 1.165) is 5.69 Å². The van der Waals surface area contributed by atoms with Crippen LogP contribution in [0.1, 0.15) is 0 Å². The molecule has 1 heterocycles. The molecule has 17 heavy (non-hydrogen) atoms. The summed E-state index contributed by atoms with van der Waals surface area (Å²) >= 11 is 4.65. The lowest BCUT2D eigenvalue weighted by atomic mass is 10.3. The topological polar surface area (TPSA) is 63.8 Å². The number of tetrazole rings is 1. The Hall–Kier alpha value is -0.920. The van der Waals surface area contributed by atoms with Crippen molar-refractivity contribution in [2.24, 2.45) is 0 Å². The van der Waals surface area contributed by atoms with Crippen LogP contribution in [0.25, 0.3) is 5.69 Å². The first-order chi connectivity index (χ1) is 8.31. The van der Waals surface area contributed by atoms with E-state index in [4.69, 9.17) is 0 Å². The Labute approximate surface area is 111 Å². The van der Waals surface area contributed by atoms with Gasteiger partial charge in [-0.05, 0) is 22.6 Å². The van der Waals surface area contributed by atoms with Gasteiger partial charge in [0.1, 0.15) is 0 Å². The summed E-state index contributed by atoms with van der Waals surface area (Å²) in [6, 6.07) is 9.66. The standard InChI is InChI=1S/C10H11BrN4OS/c11-6-9(16)7-17-10-12-13-14-15(10)8-4-2-1-3-5-8/h1-5,9,16H,6-7H2. The number of aliphatic hydroxyl groups is 1. The molecule has 2 aromatic rings. The van der Waals surface area contributed by atoms with Gasteiger partial charge in [0.05, 0.1) is 11.8 Å². The molecule has 0 radical (unpaired) electrons. The fourth-order valence-corrected chi connectivity index (χ4v) is 2.57. The van der Waals surface area contributed by atoms with Crippen molar-refractivity contribution in [1.29, 1.82) is 0 Å². The molecule has 0 bridgehead atoms. The fourth-order valence-electron chi connectivity index (χ4n) is 1.22. The molecule has 2 rings (SSSR count). The normalized spacial score (nSPS) is 12.6. The maximum Gasteiger partial charge on any atom is 0.214 e. The number of para-hydroxylation sites is 1. The molecule has 0 aliphatic carbocycles. The van der Waals surface area contributed by atoms with E-state index < -0.39 is 6.10 Å². The molecule has 0 saturated heterocycles. The van der Waals surface area contributed by atoms with E-state index in [1.165, 1.54) is 11.8 Å². The number of alkyl halides is 1. The number of nitrogens with zero attached hydrogens (tertiary/aromatic N) is 4. The Morgan fingerprint density at radius 3 is 2.82 bits per heavy atom. The lowest BCUT2D eigenvalue weighted by Gasteiger charge is -2.06. The summed E-state index contributed by atoms with van der Waals surface area (Å²) in [5.74, 6) is 0.554. The van der Waals surface area contributed by atoms with Crippen molar-refractivity contribution in [1.82, 2.24) is 20.2 Å². The summed E-state index contributed by atoms with van der Waals surface area (Å²) in [5, 5.41) is 22.2. The van der Waals surface area contributed by atoms with Gasteiger partial charge in [0.25, 0.3) is 0 Å². The summed E-state index contributed by atoms with van der Waals surface area (Å²) < 4.78 is 1.66. The van der Waals surface area contributed by atoms with Gasteiger partial charge in [-0.1, -0.05) is 45.9 Å². The molecule has 1 N–H and O–H groups in total. The Morgan fingerprint density at radius 1 is 1.35 bits per heavy atom. The first-order valence-electron chi connectivity index (χ1n) is 5.02. The van der Waals surface area contributed by atoms with Gasteiger partial charge in [-0.25, -0.2) is 0 Å². The van der Waals surface area contributed by atoms with E-state index in [-0.39, 0.29) is 0 Å². The average molecular weight is 315 g/mol. The molecule has 1 aromatic carbocycles. The summed E-state index contributed by atoms with van der Waals surface area (Å²) in [7, 11) is 0. The molecular formula is C10H11BrN4OS. The second-order valence-electron chi connectivity index (χ2n) is 3.33. The van der Waals surface area contributed by atoms with Gasteiger partial charge < -0.3 is 5.11 Å². The molecule has 0 amide bonds. The zero-order valence-corrected chi connectivity index (χ0v) is 11.3. The second-order valence-corrected chi connectivity index (χ2v) is 4.96. The maximum atomic E-state index is 9.47. The van der Waals surface area contributed by atoms with Gasteiger partial charge in [0, 0.05) is 11.1 Å². The van der Waals surface area contributed by atoms with Crippen LogP contribution in [0, 0.1) is 0 Å².